The molecule has 0 unspecified atom stereocenters. The Morgan fingerprint density at radius 3 is 0.973 bits per heavy atom. The summed E-state index contributed by atoms with van der Waals surface area (Å²) in [4.78, 5) is 136. The van der Waals surface area contributed by atoms with E-state index in [1.165, 1.54) is 132 Å². The smallest absolute Gasteiger partial charge is 0.657 e. The molecule has 20 aliphatic rings. The summed E-state index contributed by atoms with van der Waals surface area (Å²) < 4.78 is 49.9. The van der Waals surface area contributed by atoms with Crippen LogP contribution >= 0.6 is 0 Å². The van der Waals surface area contributed by atoms with Crippen molar-refractivity contribution in [2.45, 2.75) is 184 Å². The Bertz CT molecular complexity index is 7050. The number of aryl methyl sites for hydroxylation is 4. The molecule has 0 N–H and O–H groups in total. The van der Waals surface area contributed by atoms with E-state index in [1.54, 1.807) is 0 Å². The number of hydrogen-bond donors (Lipinski definition) is 0. The van der Waals surface area contributed by atoms with Gasteiger partial charge in [0.05, 0.1) is 102 Å². The van der Waals surface area contributed by atoms with E-state index in [4.69, 9.17) is 57.8 Å². The number of fused-ring (bicyclic) bond motifs is 1. The van der Waals surface area contributed by atoms with Gasteiger partial charge in [-0.05, 0) is 221 Å². The summed E-state index contributed by atoms with van der Waals surface area (Å²) in [6, 6.07) is 45.2. The van der Waals surface area contributed by atoms with Gasteiger partial charge in [0.25, 0.3) is 47.3 Å². The summed E-state index contributed by atoms with van der Waals surface area (Å²) in [6.45, 7) is 21.9. The van der Waals surface area contributed by atoms with E-state index >= 15 is 0 Å². The maximum Gasteiger partial charge on any atom is 2.00 e. The van der Waals surface area contributed by atoms with Crippen molar-refractivity contribution < 1.29 is 95.7 Å². The van der Waals surface area contributed by atoms with Gasteiger partial charge in [0.1, 0.15) is 49.4 Å². The molecule has 0 atom stereocenters. The zero-order valence-electron chi connectivity index (χ0n) is 85.1. The van der Waals surface area contributed by atoms with Crippen molar-refractivity contribution in [1.82, 2.24) is 39.5 Å². The number of ether oxygens (including phenoxy) is 8. The van der Waals surface area contributed by atoms with Crippen LogP contribution in [0, 0.1) is 61.2 Å². The van der Waals surface area contributed by atoms with E-state index in [0.29, 0.717) is 79.3 Å². The summed E-state index contributed by atoms with van der Waals surface area (Å²) in [6.07, 6.45) is 22.0. The Labute approximate surface area is 870 Å². The van der Waals surface area contributed by atoms with Crippen LogP contribution in [0.5, 0.6) is 23.0 Å². The number of benzene rings is 8. The normalized spacial score (nSPS) is 15.6. The number of aromatic nitrogens is 4. The monoisotopic (exact) mass is 2020 g/mol. The van der Waals surface area contributed by atoms with Crippen LogP contribution < -0.4 is 28.9 Å². The van der Waals surface area contributed by atoms with Crippen molar-refractivity contribution in [2.75, 3.05) is 105 Å². The number of rotatable bonds is 20. The van der Waals surface area contributed by atoms with Crippen molar-refractivity contribution in [3.05, 3.63) is 235 Å². The second kappa shape index (κ2) is 48.3. The molecule has 32 bridgehead atoms. The molecular weight excluding hydrogens is 1900 g/mol. The molecule has 147 heavy (non-hydrogen) atoms. The summed E-state index contributed by atoms with van der Waals surface area (Å²) >= 11 is 0. The predicted octanol–water partition coefficient (Wildman–Crippen LogP) is 22.1. The van der Waals surface area contributed by atoms with Gasteiger partial charge < -0.3 is 47.9 Å². The van der Waals surface area contributed by atoms with Crippen LogP contribution in [0.4, 0.5) is 0 Å². The van der Waals surface area contributed by atoms with E-state index in [-0.39, 0.29) is 112 Å². The van der Waals surface area contributed by atoms with Crippen LogP contribution in [0.1, 0.15) is 285 Å². The molecule has 24 nitrogen and oxygen atoms in total. The van der Waals surface area contributed by atoms with Crippen LogP contribution in [0.3, 0.4) is 0 Å². The van der Waals surface area contributed by atoms with Gasteiger partial charge in [-0.2, -0.15) is 0 Å². The molecule has 3 aromatic heterocycles. The summed E-state index contributed by atoms with van der Waals surface area (Å²) in [7, 11) is 0. The molecule has 0 saturated carbocycles. The quantitative estimate of drug-likeness (QED) is 0.0297. The first-order chi connectivity index (χ1) is 71.4. The number of allylic oxidation sites excluding steroid dienone is 4. The fourth-order valence-electron chi connectivity index (χ4n) is 20.8. The first kappa shape index (κ1) is 104. The van der Waals surface area contributed by atoms with E-state index in [1.807, 2.05) is 24.3 Å². The van der Waals surface area contributed by atoms with Crippen LogP contribution in [-0.2, 0) is 51.3 Å². The van der Waals surface area contributed by atoms with E-state index < -0.39 is 47.3 Å². The third-order valence-electron chi connectivity index (χ3n) is 28.4. The molecule has 8 aromatic carbocycles. The van der Waals surface area contributed by atoms with Crippen LogP contribution in [0.25, 0.3) is 98.9 Å². The number of carbonyl (C=O) groups is 8. The zero-order valence-corrected chi connectivity index (χ0v) is 88.1. The van der Waals surface area contributed by atoms with Crippen molar-refractivity contribution in [3.8, 4) is 92.6 Å². The van der Waals surface area contributed by atoms with E-state index in [2.05, 4.69) is 176 Å². The minimum atomic E-state index is -0.665. The number of carbonyl (C=O) groups excluding carboxylic acids is 8. The molecule has 11 aromatic rings. The molecule has 25 heteroatoms. The first-order valence-corrected chi connectivity index (χ1v) is 51.6. The van der Waals surface area contributed by atoms with Crippen molar-refractivity contribution in [1.29, 1.82) is 0 Å². The molecule has 0 radical (unpaired) electrons. The summed E-state index contributed by atoms with van der Waals surface area (Å²) in [5, 5.41) is 2.74. The Morgan fingerprint density at radius 1 is 0.313 bits per heavy atom. The Kier molecular flexibility index (Phi) is 34.2. The van der Waals surface area contributed by atoms with E-state index in [9.17, 15) is 38.4 Å². The van der Waals surface area contributed by atoms with Gasteiger partial charge in [0.2, 0.25) is 0 Å². The topological polar surface area (TPSA) is 277 Å². The first-order valence-electron chi connectivity index (χ1n) is 51.6. The molecule has 0 saturated heterocycles. The third-order valence-corrected chi connectivity index (χ3v) is 28.4. The Morgan fingerprint density at radius 2 is 0.619 bits per heavy atom. The number of imide groups is 4. The van der Waals surface area contributed by atoms with Gasteiger partial charge in [-0.1, -0.05) is 217 Å². The average molecular weight is 2020 g/mol. The van der Waals surface area contributed by atoms with E-state index in [0.717, 1.165) is 210 Å². The van der Waals surface area contributed by atoms with Crippen molar-refractivity contribution in [3.63, 3.8) is 0 Å². The Hall–Kier alpha value is -14.4. The number of nitrogens with zero attached hydrogens (tertiary/aromatic N) is 8. The van der Waals surface area contributed by atoms with Crippen LogP contribution in [0.15, 0.2) is 146 Å². The molecule has 31 rings (SSSR count). The summed E-state index contributed by atoms with van der Waals surface area (Å²) in [5.41, 5.74) is 22.6. The number of para-hydroxylation sites is 1. The maximum absolute atomic E-state index is 13.5. The second-order valence-electron chi connectivity index (χ2n) is 37.7. The fourth-order valence-corrected chi connectivity index (χ4v) is 20.8. The van der Waals surface area contributed by atoms with Crippen LogP contribution in [0.2, 0.25) is 0 Å². The van der Waals surface area contributed by atoms with Gasteiger partial charge in [-0.15, -0.1) is 22.1 Å². The molecule has 746 valence electrons. The molecule has 20 aliphatic heterocycles. The average Bonchev–Trinajstić information content (AvgIpc) is 1.50. The van der Waals surface area contributed by atoms with Gasteiger partial charge in [-0.25, -0.2) is 9.97 Å². The minimum Gasteiger partial charge on any atom is -0.657 e. The van der Waals surface area contributed by atoms with Crippen molar-refractivity contribution >= 4 is 124 Å². The van der Waals surface area contributed by atoms with Crippen LogP contribution in [-0.4, -0.2) is 182 Å². The van der Waals surface area contributed by atoms with Gasteiger partial charge in [0.15, 0.2) is 0 Å². The molecule has 23 heterocycles. The maximum atomic E-state index is 13.5. The van der Waals surface area contributed by atoms with Gasteiger partial charge in [-0.3, -0.25) is 58.0 Å². The largest absolute Gasteiger partial charge is 2.00 e. The number of hydrogen-bond acceptors (Lipinski definition) is 18. The minimum absolute atomic E-state index is 0. The zero-order chi connectivity index (χ0) is 101. The summed E-state index contributed by atoms with van der Waals surface area (Å²) in [5.74, 6) is 18.7. The molecular formula is C122H120N8O16Zn. The van der Waals surface area contributed by atoms with Gasteiger partial charge >= 0.3 is 19.5 Å². The third kappa shape index (κ3) is 21.8. The standard InChI is InChI=1S/C82H104N4O8.C40H16N4O8.Zn/c1-9-13-17-21-29-63-57(5)79-77-61-39-41-62(42-40-61)91-51-47-87-43-44-88-48-52-92-74-37-27-35-68-67(74)34-28-38-75(68)93-53-49-89-45-46-90-50-54-94-76-36-26-25-33-69(76)78(81-59(7)65(31-23-19-15-11-3)72(85-81)55-70(63)83-79)82-60(8)66(32-24-20-16-12-4)73(86-82)56-71-64(30-22-18-14-10-2)58(6)80(77)84-71;45-33-21-9-11-25-31-26-12-10-22(29(21)31)34(46)41(33)17-5-1-2-6-18-42-35(47)23-13-15-27-32-28(16-14-24(30(23)32)36(42)48)40(52)44(39(27)51)20-8-4-3-7-19-43(37(25)49)38(26)50;/h25-28,33-42,55-56H,9-24,29-32,43-54H2,1-8H3;9-16H,17-20H2;/q-2;;+2. The molecule has 0 fully saturated rings. The molecule has 0 aliphatic carbocycles. The number of unbranched alkanes of at least 4 members (excludes halogenated alkanes) is 12. The molecule has 0 spiro atoms. The fraction of sp³-hybridized carbons (Fsp3) is 0.361. The van der Waals surface area contributed by atoms with Crippen molar-refractivity contribution in [2.24, 2.45) is 0 Å². The predicted molar refractivity (Wildman–Crippen MR) is 567 cm³/mol. The SMILES string of the molecule is CCCCCCC1=C(C)c2nc1cc1[n-]c(c(C)c1CCCCCC)c1c3nc(cc4[n-]c(c(C)c4CCCCCC)c2-c2ccc(cc2)OCCOCCOCCOc2cccc4c(cccc24)OCCOCCOCCOc2ccccc2-1)C(CCCCCC)=C3C.O=C1c2ccc3c4c5ccc(c24)C(=O)N1CC#CC#CCN1C(=O)c2ccc4c6c(ccc(c26)C1=O)C(=O)N(CC#CC#CCN(C3=O)C5=O)C4=O.[Zn+2]. The second-order valence-corrected chi connectivity index (χ2v) is 37.7. The Balaban J connectivity index is 0.000000233. The molecule has 8 amide bonds. The number of amides is 8. The van der Waals surface area contributed by atoms with Gasteiger partial charge in [0, 0.05) is 82.4 Å².